The zero-order chi connectivity index (χ0) is 5.82. The summed E-state index contributed by atoms with van der Waals surface area (Å²) >= 11 is 4.63. The largest absolute Gasteiger partial charge is 0.0931 e. The Morgan fingerprint density at radius 2 is 2.62 bits per heavy atom. The third-order valence-corrected chi connectivity index (χ3v) is 1.01. The van der Waals surface area contributed by atoms with Crippen molar-refractivity contribution >= 4 is 17.6 Å². The summed E-state index contributed by atoms with van der Waals surface area (Å²) in [6.45, 7) is 0. The van der Waals surface area contributed by atoms with Gasteiger partial charge in [-0.1, -0.05) is 23.7 Å². The number of allylic oxidation sites excluding steroid dienone is 2. The Bertz CT molecular complexity index is 229. The number of rotatable bonds is 2. The summed E-state index contributed by atoms with van der Waals surface area (Å²) in [5, 5.41) is 1.67. The van der Waals surface area contributed by atoms with Crippen molar-refractivity contribution in [3.63, 3.8) is 0 Å². The lowest BCUT2D eigenvalue weighted by molar-refractivity contribution is 1.44. The molecule has 0 aromatic carbocycles. The van der Waals surface area contributed by atoms with E-state index in [0.29, 0.717) is 0 Å². The van der Waals surface area contributed by atoms with E-state index in [1.807, 2.05) is 6.08 Å². The molecule has 0 N–H and O–H groups in total. The molecule has 1 heteroatoms. The van der Waals surface area contributed by atoms with Crippen molar-refractivity contribution in [2.24, 2.45) is 0 Å². The molecule has 0 fully saturated rings. The molecule has 0 nitrogen and oxygen atoms in total. The molecule has 8 heavy (non-hydrogen) atoms. The third-order valence-electron chi connectivity index (χ3n) is 0.845. The molecule has 0 aliphatic heterocycles. The Labute approximate surface area is 53.5 Å². The molecule has 1 aliphatic rings. The van der Waals surface area contributed by atoms with Crippen LogP contribution in [0, 0.1) is 0 Å². The predicted molar refractivity (Wildman–Crippen MR) is 36.9 cm³/mol. The molecule has 0 spiro atoms. The van der Waals surface area contributed by atoms with Gasteiger partial charge in [0.1, 0.15) is 0 Å². The van der Waals surface area contributed by atoms with Crippen LogP contribution in [0.5, 0.6) is 0 Å². The number of thiocarbonyl (C=S) groups is 1. The van der Waals surface area contributed by atoms with Crippen LogP contribution in [0.15, 0.2) is 28.8 Å². The average molecular weight is 120 g/mol. The van der Waals surface area contributed by atoms with Crippen molar-refractivity contribution < 1.29 is 0 Å². The zero-order valence-electron chi connectivity index (χ0n) is 4.27. The van der Waals surface area contributed by atoms with Gasteiger partial charge in [0.05, 0.1) is 0 Å². The maximum Gasteiger partial charge on any atom is 0.0160 e. The third kappa shape index (κ3) is 1.07. The van der Waals surface area contributed by atoms with E-state index in [-0.39, 0.29) is 0 Å². The van der Waals surface area contributed by atoms with E-state index in [2.05, 4.69) is 29.4 Å². The first-order chi connectivity index (χ1) is 3.93. The van der Waals surface area contributed by atoms with Gasteiger partial charge in [0.15, 0.2) is 0 Å². The van der Waals surface area contributed by atoms with Crippen molar-refractivity contribution in [1.82, 2.24) is 0 Å². The molecular weight excluding hydrogens is 116 g/mol. The van der Waals surface area contributed by atoms with E-state index in [1.165, 1.54) is 0 Å². The van der Waals surface area contributed by atoms with E-state index in [0.717, 1.165) is 12.0 Å². The highest BCUT2D eigenvalue weighted by Gasteiger charge is 1.86. The van der Waals surface area contributed by atoms with E-state index in [1.54, 1.807) is 5.37 Å². The van der Waals surface area contributed by atoms with Gasteiger partial charge in [-0.2, -0.15) is 0 Å². The fourth-order valence-corrected chi connectivity index (χ4v) is 0.655. The summed E-state index contributed by atoms with van der Waals surface area (Å²) in [6, 6.07) is 0. The molecule has 0 saturated heterocycles. The van der Waals surface area contributed by atoms with E-state index in [9.17, 15) is 0 Å². The second-order valence-corrected chi connectivity index (χ2v) is 1.77. The Morgan fingerprint density at radius 3 is 3.12 bits per heavy atom. The molecule has 0 amide bonds. The van der Waals surface area contributed by atoms with Crippen LogP contribution in [0.25, 0.3) is 0 Å². The number of hydrogen-bond donors (Lipinski definition) is 0. The molecule has 0 radical (unpaired) electrons. The van der Waals surface area contributed by atoms with Crippen LogP contribution in [0.2, 0.25) is 0 Å². The Kier molecular flexibility index (Phi) is 1.64. The molecule has 0 aromatic heterocycles. The van der Waals surface area contributed by atoms with Crippen LogP contribution in [-0.4, -0.2) is 5.37 Å². The van der Waals surface area contributed by atoms with Crippen molar-refractivity contribution in [2.45, 2.75) is 6.42 Å². The van der Waals surface area contributed by atoms with Crippen molar-refractivity contribution in [2.75, 3.05) is 0 Å². The first-order valence-corrected chi connectivity index (χ1v) is 2.80. The molecule has 38 valence electrons. The van der Waals surface area contributed by atoms with Crippen molar-refractivity contribution in [3.8, 4) is 0 Å². The monoisotopic (exact) mass is 120 g/mol. The minimum absolute atomic E-state index is 0.801. The zero-order valence-corrected chi connectivity index (χ0v) is 5.09. The van der Waals surface area contributed by atoms with Gasteiger partial charge in [0.2, 0.25) is 0 Å². The highest BCUT2D eigenvalue weighted by Crippen LogP contribution is 1.99. The summed E-state index contributed by atoms with van der Waals surface area (Å²) in [5.41, 5.74) is 9.39. The second kappa shape index (κ2) is 2.47. The van der Waals surface area contributed by atoms with Gasteiger partial charge in [0.25, 0.3) is 0 Å². The van der Waals surface area contributed by atoms with E-state index < -0.39 is 0 Å². The summed E-state index contributed by atoms with van der Waals surface area (Å²) < 4.78 is 0. The van der Waals surface area contributed by atoms with Gasteiger partial charge in [-0.25, -0.2) is 0 Å². The second-order valence-electron chi connectivity index (χ2n) is 1.43. The molecule has 1 rings (SSSR count). The standard InChI is InChI=1S/C7H4S/c8-6-5-7-3-1-2-4-7/h3,6H,5H2. The summed E-state index contributed by atoms with van der Waals surface area (Å²) in [4.78, 5) is 0. The Balaban J connectivity index is 2.68. The lowest BCUT2D eigenvalue weighted by Crippen LogP contribution is -1.71. The minimum atomic E-state index is 0.801. The first kappa shape index (κ1) is 5.31. The Hall–Kier alpha value is -0.830. The van der Waals surface area contributed by atoms with Gasteiger partial charge < -0.3 is 0 Å². The summed E-state index contributed by atoms with van der Waals surface area (Å²) in [5.74, 6) is 0. The van der Waals surface area contributed by atoms with Crippen LogP contribution in [-0.2, 0) is 0 Å². The molecule has 0 unspecified atom stereocenters. The van der Waals surface area contributed by atoms with Gasteiger partial charge >= 0.3 is 0 Å². The average Bonchev–Trinajstić information content (AvgIpc) is 2.19. The molecule has 0 atom stereocenters. The topological polar surface area (TPSA) is 0 Å². The molecule has 0 heterocycles. The normalized spacial score (nSPS) is 12.2. The van der Waals surface area contributed by atoms with Crippen LogP contribution in [0.1, 0.15) is 6.42 Å². The molecular formula is C7H4S. The van der Waals surface area contributed by atoms with Crippen LogP contribution in [0.4, 0.5) is 0 Å². The highest BCUT2D eigenvalue weighted by atomic mass is 32.1. The smallest absolute Gasteiger partial charge is 0.0160 e. The minimum Gasteiger partial charge on any atom is -0.0931 e. The van der Waals surface area contributed by atoms with Gasteiger partial charge in [-0.15, -0.1) is 0 Å². The maximum absolute atomic E-state index is 4.63. The van der Waals surface area contributed by atoms with Crippen LogP contribution < -0.4 is 0 Å². The molecule has 0 bridgehead atoms. The lowest BCUT2D eigenvalue weighted by atomic mass is 10.2. The van der Waals surface area contributed by atoms with E-state index in [4.69, 9.17) is 0 Å². The number of hydrogen-bond acceptors (Lipinski definition) is 1. The lowest BCUT2D eigenvalue weighted by Gasteiger charge is -1.81. The molecule has 0 aromatic rings. The van der Waals surface area contributed by atoms with E-state index >= 15 is 0 Å². The quantitative estimate of drug-likeness (QED) is 0.395. The molecule has 0 saturated carbocycles. The first-order valence-electron chi connectivity index (χ1n) is 2.32. The van der Waals surface area contributed by atoms with Gasteiger partial charge in [0, 0.05) is 18.1 Å². The van der Waals surface area contributed by atoms with Crippen molar-refractivity contribution in [1.29, 1.82) is 0 Å². The summed E-state index contributed by atoms with van der Waals surface area (Å²) in [6.07, 6.45) is 2.64. The Morgan fingerprint density at radius 1 is 1.75 bits per heavy atom. The fraction of sp³-hybridized carbons (Fsp3) is 0.143. The van der Waals surface area contributed by atoms with Crippen molar-refractivity contribution in [3.05, 3.63) is 28.8 Å². The van der Waals surface area contributed by atoms with Gasteiger partial charge in [-0.05, 0) is 11.1 Å². The predicted octanol–water partition coefficient (Wildman–Crippen LogP) is 1.78. The van der Waals surface area contributed by atoms with Crippen LogP contribution >= 0.6 is 12.2 Å². The maximum atomic E-state index is 4.63. The fourth-order valence-electron chi connectivity index (χ4n) is 0.475. The summed E-state index contributed by atoms with van der Waals surface area (Å²) in [7, 11) is 0. The van der Waals surface area contributed by atoms with Crippen LogP contribution in [0.3, 0.4) is 0 Å². The SMILES string of the molecule is S=CCC1=C=C=C=C1. The molecule has 1 aliphatic carbocycles. The van der Waals surface area contributed by atoms with Gasteiger partial charge in [-0.3, -0.25) is 0 Å². The highest BCUT2D eigenvalue weighted by molar-refractivity contribution is 7.79.